The highest BCUT2D eigenvalue weighted by atomic mass is 35.5. The van der Waals surface area contributed by atoms with Crippen LogP contribution in [0.3, 0.4) is 0 Å². The minimum atomic E-state index is 0.552. The summed E-state index contributed by atoms with van der Waals surface area (Å²) in [6.07, 6.45) is 2.36. The monoisotopic (exact) mass is 205 g/mol. The average Bonchev–Trinajstić information content (AvgIpc) is 2.54. The molecule has 2 heterocycles. The van der Waals surface area contributed by atoms with E-state index in [2.05, 4.69) is 16.0 Å². The number of aromatic nitrogens is 2. The van der Waals surface area contributed by atoms with Crippen LogP contribution in [0.5, 0.6) is 0 Å². The largest absolute Gasteiger partial charge is 0.342 e. The molecule has 0 radical (unpaired) electrons. The third-order valence-corrected chi connectivity index (χ3v) is 2.37. The summed E-state index contributed by atoms with van der Waals surface area (Å²) in [5.74, 6) is 0. The molecular formula is C10H8ClN3. The van der Waals surface area contributed by atoms with Gasteiger partial charge in [0.15, 0.2) is 0 Å². The van der Waals surface area contributed by atoms with E-state index >= 15 is 0 Å². The molecule has 0 unspecified atom stereocenters. The summed E-state index contributed by atoms with van der Waals surface area (Å²) in [5.41, 5.74) is 2.29. The van der Waals surface area contributed by atoms with Crippen molar-refractivity contribution < 1.29 is 0 Å². The summed E-state index contributed by atoms with van der Waals surface area (Å²) < 4.78 is 0. The highest BCUT2D eigenvalue weighted by Gasteiger charge is 2.10. The summed E-state index contributed by atoms with van der Waals surface area (Å²) in [6, 6.07) is 3.93. The van der Waals surface area contributed by atoms with Gasteiger partial charge in [-0.3, -0.25) is 0 Å². The van der Waals surface area contributed by atoms with Crippen molar-refractivity contribution >= 4 is 22.6 Å². The van der Waals surface area contributed by atoms with Crippen molar-refractivity contribution in [3.8, 4) is 6.07 Å². The number of hydrogen-bond donors (Lipinski definition) is 1. The molecule has 0 aromatic carbocycles. The van der Waals surface area contributed by atoms with Gasteiger partial charge in [-0.05, 0) is 12.5 Å². The first-order valence-electron chi connectivity index (χ1n) is 4.32. The third-order valence-electron chi connectivity index (χ3n) is 2.16. The molecule has 3 nitrogen and oxygen atoms in total. The average molecular weight is 206 g/mol. The van der Waals surface area contributed by atoms with Gasteiger partial charge in [-0.2, -0.15) is 5.26 Å². The first-order valence-corrected chi connectivity index (χ1v) is 4.70. The van der Waals surface area contributed by atoms with E-state index in [0.717, 1.165) is 23.1 Å². The van der Waals surface area contributed by atoms with E-state index in [4.69, 9.17) is 16.9 Å². The molecule has 70 valence electrons. The molecule has 14 heavy (non-hydrogen) atoms. The normalized spacial score (nSPS) is 10.4. The lowest BCUT2D eigenvalue weighted by atomic mass is 10.1. The van der Waals surface area contributed by atoms with Crippen LogP contribution < -0.4 is 0 Å². The molecule has 0 aliphatic carbocycles. The number of hydrogen-bond acceptors (Lipinski definition) is 2. The van der Waals surface area contributed by atoms with Gasteiger partial charge in [0.05, 0.1) is 10.6 Å². The molecular weight excluding hydrogens is 198 g/mol. The second kappa shape index (κ2) is 3.32. The lowest BCUT2D eigenvalue weighted by Crippen LogP contribution is -1.82. The Balaban J connectivity index is 2.83. The SMILES string of the molecule is CCc1[nH]c2ncc(Cl)cc2c1C#N. The summed E-state index contributed by atoms with van der Waals surface area (Å²) in [7, 11) is 0. The molecule has 0 aliphatic heterocycles. The van der Waals surface area contributed by atoms with Crippen molar-refractivity contribution in [3.63, 3.8) is 0 Å². The van der Waals surface area contributed by atoms with E-state index in [1.807, 2.05) is 6.92 Å². The molecule has 0 aliphatic rings. The zero-order valence-electron chi connectivity index (χ0n) is 7.63. The topological polar surface area (TPSA) is 52.5 Å². The Morgan fingerprint density at radius 1 is 1.64 bits per heavy atom. The maximum atomic E-state index is 8.99. The van der Waals surface area contributed by atoms with Gasteiger partial charge in [-0.1, -0.05) is 18.5 Å². The van der Waals surface area contributed by atoms with Gasteiger partial charge >= 0.3 is 0 Å². The van der Waals surface area contributed by atoms with Gasteiger partial charge in [0.2, 0.25) is 0 Å². The number of nitrogens with zero attached hydrogens (tertiary/aromatic N) is 2. The van der Waals surface area contributed by atoms with Crippen LogP contribution in [0.2, 0.25) is 5.02 Å². The standard InChI is InChI=1S/C10H8ClN3/c1-2-9-8(4-12)7-3-6(11)5-13-10(7)14-9/h3,5H,2H2,1H3,(H,13,14). The van der Waals surface area contributed by atoms with Crippen molar-refractivity contribution in [2.24, 2.45) is 0 Å². The number of halogens is 1. The summed E-state index contributed by atoms with van der Waals surface area (Å²) >= 11 is 5.81. The minimum absolute atomic E-state index is 0.552. The number of nitriles is 1. The van der Waals surface area contributed by atoms with E-state index in [9.17, 15) is 0 Å². The van der Waals surface area contributed by atoms with Crippen LogP contribution >= 0.6 is 11.6 Å². The van der Waals surface area contributed by atoms with Gasteiger partial charge in [0.1, 0.15) is 11.7 Å². The van der Waals surface area contributed by atoms with E-state index in [1.165, 1.54) is 0 Å². The molecule has 0 fully saturated rings. The van der Waals surface area contributed by atoms with Crippen molar-refractivity contribution in [1.82, 2.24) is 9.97 Å². The van der Waals surface area contributed by atoms with Crippen molar-refractivity contribution in [2.75, 3.05) is 0 Å². The van der Waals surface area contributed by atoms with E-state index in [-0.39, 0.29) is 0 Å². The molecule has 2 rings (SSSR count). The fraction of sp³-hybridized carbons (Fsp3) is 0.200. The highest BCUT2D eigenvalue weighted by Crippen LogP contribution is 2.23. The summed E-state index contributed by atoms with van der Waals surface area (Å²) in [5, 5.41) is 10.3. The minimum Gasteiger partial charge on any atom is -0.342 e. The lowest BCUT2D eigenvalue weighted by molar-refractivity contribution is 1.06. The third kappa shape index (κ3) is 1.24. The van der Waals surface area contributed by atoms with Gasteiger partial charge in [0.25, 0.3) is 0 Å². The molecule has 0 saturated carbocycles. The Labute approximate surface area is 86.3 Å². The van der Waals surface area contributed by atoms with Crippen LogP contribution in [-0.2, 0) is 6.42 Å². The van der Waals surface area contributed by atoms with Crippen LogP contribution in [0.1, 0.15) is 18.2 Å². The number of aryl methyl sites for hydroxylation is 1. The fourth-order valence-electron chi connectivity index (χ4n) is 1.49. The predicted molar refractivity (Wildman–Crippen MR) is 55.2 cm³/mol. The Hall–Kier alpha value is -1.53. The number of H-pyrrole nitrogens is 1. The molecule has 2 aromatic rings. The second-order valence-corrected chi connectivity index (χ2v) is 3.43. The van der Waals surface area contributed by atoms with Crippen molar-refractivity contribution in [2.45, 2.75) is 13.3 Å². The Morgan fingerprint density at radius 2 is 2.43 bits per heavy atom. The molecule has 4 heteroatoms. The maximum Gasteiger partial charge on any atom is 0.138 e. The Morgan fingerprint density at radius 3 is 3.07 bits per heavy atom. The zero-order chi connectivity index (χ0) is 10.1. The van der Waals surface area contributed by atoms with Crippen molar-refractivity contribution in [1.29, 1.82) is 5.26 Å². The molecule has 0 saturated heterocycles. The smallest absolute Gasteiger partial charge is 0.138 e. The molecule has 1 N–H and O–H groups in total. The van der Waals surface area contributed by atoms with E-state index in [0.29, 0.717) is 10.6 Å². The molecule has 0 amide bonds. The van der Waals surface area contributed by atoms with E-state index in [1.54, 1.807) is 12.3 Å². The molecule has 0 spiro atoms. The number of rotatable bonds is 1. The van der Waals surface area contributed by atoms with Crippen LogP contribution in [0.25, 0.3) is 11.0 Å². The van der Waals surface area contributed by atoms with Gasteiger partial charge in [-0.25, -0.2) is 4.98 Å². The lowest BCUT2D eigenvalue weighted by Gasteiger charge is -1.90. The van der Waals surface area contributed by atoms with Crippen LogP contribution in [0.4, 0.5) is 0 Å². The molecule has 0 bridgehead atoms. The number of nitrogens with one attached hydrogen (secondary N) is 1. The zero-order valence-corrected chi connectivity index (χ0v) is 8.39. The quantitative estimate of drug-likeness (QED) is 0.778. The van der Waals surface area contributed by atoms with Crippen molar-refractivity contribution in [3.05, 3.63) is 28.5 Å². The van der Waals surface area contributed by atoms with Gasteiger partial charge in [-0.15, -0.1) is 0 Å². The first kappa shape index (κ1) is 9.04. The van der Waals surface area contributed by atoms with Crippen LogP contribution in [-0.4, -0.2) is 9.97 Å². The highest BCUT2D eigenvalue weighted by molar-refractivity contribution is 6.31. The summed E-state index contributed by atoms with van der Waals surface area (Å²) in [6.45, 7) is 1.99. The Kier molecular flexibility index (Phi) is 2.14. The molecule has 2 aromatic heterocycles. The van der Waals surface area contributed by atoms with Gasteiger partial charge in [0, 0.05) is 17.3 Å². The predicted octanol–water partition coefficient (Wildman–Crippen LogP) is 2.65. The fourth-order valence-corrected chi connectivity index (χ4v) is 1.65. The number of fused-ring (bicyclic) bond motifs is 1. The Bertz CT molecular complexity index is 522. The molecule has 0 atom stereocenters. The second-order valence-electron chi connectivity index (χ2n) is 2.99. The number of pyridine rings is 1. The van der Waals surface area contributed by atoms with Crippen LogP contribution in [0.15, 0.2) is 12.3 Å². The number of aromatic amines is 1. The first-order chi connectivity index (χ1) is 6.76. The van der Waals surface area contributed by atoms with Crippen LogP contribution in [0, 0.1) is 11.3 Å². The maximum absolute atomic E-state index is 8.99. The summed E-state index contributed by atoms with van der Waals surface area (Å²) in [4.78, 5) is 7.22. The van der Waals surface area contributed by atoms with Gasteiger partial charge < -0.3 is 4.98 Å². The van der Waals surface area contributed by atoms with E-state index < -0.39 is 0 Å².